The monoisotopic (exact) mass is 345 g/mol. The number of carbonyl (C=O) groups excluding carboxylic acids is 1. The minimum absolute atomic E-state index is 0.0354. The highest BCUT2D eigenvalue weighted by Gasteiger charge is 2.43. The molecule has 7 nitrogen and oxygen atoms in total. The van der Waals surface area contributed by atoms with E-state index in [0.29, 0.717) is 18.8 Å². The highest BCUT2D eigenvalue weighted by molar-refractivity contribution is 5.76. The van der Waals surface area contributed by atoms with Crippen molar-refractivity contribution in [2.75, 3.05) is 51.8 Å². The van der Waals surface area contributed by atoms with Gasteiger partial charge in [-0.05, 0) is 19.9 Å². The summed E-state index contributed by atoms with van der Waals surface area (Å²) in [5.41, 5.74) is -0.0354. The van der Waals surface area contributed by atoms with Gasteiger partial charge in [0.2, 0.25) is 5.91 Å². The minimum atomic E-state index is -0.0354. The van der Waals surface area contributed by atoms with E-state index in [4.69, 9.17) is 4.74 Å². The van der Waals surface area contributed by atoms with Crippen LogP contribution >= 0.6 is 0 Å². The first kappa shape index (κ1) is 17.7. The fourth-order valence-electron chi connectivity index (χ4n) is 3.90. The number of amides is 1. The molecule has 3 heterocycles. The molecule has 0 aromatic carbocycles. The summed E-state index contributed by atoms with van der Waals surface area (Å²) in [6.07, 6.45) is 7.52. The molecule has 136 valence electrons. The van der Waals surface area contributed by atoms with Gasteiger partial charge in [-0.2, -0.15) is 0 Å². The Kier molecular flexibility index (Phi) is 5.22. The third-order valence-electron chi connectivity index (χ3n) is 5.49. The third-order valence-corrected chi connectivity index (χ3v) is 5.49. The molecule has 3 rings (SSSR count). The number of rotatable bonds is 4. The lowest BCUT2D eigenvalue weighted by molar-refractivity contribution is -0.130. The second kappa shape index (κ2) is 7.39. The van der Waals surface area contributed by atoms with Gasteiger partial charge in [-0.15, -0.1) is 6.58 Å². The number of likely N-dealkylation sites (N-methyl/N-ethyl adjacent to an activating group) is 1. The lowest BCUT2D eigenvalue weighted by Crippen LogP contribution is -2.61. The zero-order chi connectivity index (χ0) is 17.9. The summed E-state index contributed by atoms with van der Waals surface area (Å²) in [7, 11) is 3.79. The average molecular weight is 345 g/mol. The number of carbonyl (C=O) groups is 1. The van der Waals surface area contributed by atoms with E-state index in [-0.39, 0.29) is 11.4 Å². The number of ether oxygens (including phenoxy) is 1. The van der Waals surface area contributed by atoms with Crippen LogP contribution < -0.4 is 9.64 Å². The quantitative estimate of drug-likeness (QED) is 0.764. The van der Waals surface area contributed by atoms with Gasteiger partial charge in [0.05, 0.1) is 7.11 Å². The van der Waals surface area contributed by atoms with Crippen molar-refractivity contribution in [3.8, 4) is 5.88 Å². The van der Waals surface area contributed by atoms with Crippen LogP contribution in [0.3, 0.4) is 0 Å². The topological polar surface area (TPSA) is 61.8 Å². The Balaban J connectivity index is 1.83. The lowest BCUT2D eigenvalue weighted by Gasteiger charge is -2.49. The first-order chi connectivity index (χ1) is 12.1. The van der Waals surface area contributed by atoms with E-state index in [2.05, 4.69) is 33.4 Å². The van der Waals surface area contributed by atoms with E-state index in [1.165, 1.54) is 0 Å². The predicted octanol–water partition coefficient (Wildman–Crippen LogP) is 1.17. The van der Waals surface area contributed by atoms with E-state index in [1.54, 1.807) is 25.6 Å². The summed E-state index contributed by atoms with van der Waals surface area (Å²) < 4.78 is 5.39. The van der Waals surface area contributed by atoms with Gasteiger partial charge in [0.25, 0.3) is 5.88 Å². The average Bonchev–Trinajstić information content (AvgIpc) is 2.79. The van der Waals surface area contributed by atoms with E-state index < -0.39 is 0 Å². The number of nitrogens with zero attached hydrogens (tertiary/aromatic N) is 5. The molecule has 25 heavy (non-hydrogen) atoms. The van der Waals surface area contributed by atoms with Crippen molar-refractivity contribution in [3.05, 3.63) is 25.0 Å². The molecule has 1 aromatic rings. The van der Waals surface area contributed by atoms with Crippen molar-refractivity contribution in [1.82, 2.24) is 19.8 Å². The van der Waals surface area contributed by atoms with Crippen LogP contribution in [-0.2, 0) is 4.79 Å². The standard InChI is InChI=1S/C18H27N5O2/c1-4-10-22-11-7-18(6-5-15(22)24)14-23(13-12-21(18)2)16-17(25-3)20-9-8-19-16/h4,8-9H,1,5-7,10-14H2,2-3H3. The summed E-state index contributed by atoms with van der Waals surface area (Å²) in [5, 5.41) is 0. The van der Waals surface area contributed by atoms with Crippen LogP contribution in [0, 0.1) is 0 Å². The van der Waals surface area contributed by atoms with Gasteiger partial charge in [-0.3, -0.25) is 9.69 Å². The molecular weight excluding hydrogens is 318 g/mol. The molecule has 1 spiro atoms. The van der Waals surface area contributed by atoms with Crippen LogP contribution in [0.25, 0.3) is 0 Å². The van der Waals surface area contributed by atoms with Gasteiger partial charge < -0.3 is 14.5 Å². The maximum absolute atomic E-state index is 12.4. The highest BCUT2D eigenvalue weighted by atomic mass is 16.5. The second-order valence-corrected chi connectivity index (χ2v) is 6.84. The fraction of sp³-hybridized carbons (Fsp3) is 0.611. The van der Waals surface area contributed by atoms with Crippen molar-refractivity contribution < 1.29 is 9.53 Å². The van der Waals surface area contributed by atoms with Gasteiger partial charge in [0.15, 0.2) is 5.82 Å². The predicted molar refractivity (Wildman–Crippen MR) is 96.8 cm³/mol. The fourth-order valence-corrected chi connectivity index (χ4v) is 3.90. The van der Waals surface area contributed by atoms with E-state index in [1.807, 2.05) is 4.90 Å². The number of piperazine rings is 1. The molecule has 1 aromatic heterocycles. The number of likely N-dealkylation sites (tertiary alicyclic amines) is 1. The third kappa shape index (κ3) is 3.46. The van der Waals surface area contributed by atoms with Crippen molar-refractivity contribution in [3.63, 3.8) is 0 Å². The van der Waals surface area contributed by atoms with Crippen LogP contribution in [0.2, 0.25) is 0 Å². The van der Waals surface area contributed by atoms with E-state index in [9.17, 15) is 4.79 Å². The van der Waals surface area contributed by atoms with Gasteiger partial charge in [0, 0.05) is 57.1 Å². The normalized spacial score (nSPS) is 25.1. The van der Waals surface area contributed by atoms with Crippen LogP contribution in [0.15, 0.2) is 25.0 Å². The van der Waals surface area contributed by atoms with Gasteiger partial charge in [-0.1, -0.05) is 6.08 Å². The van der Waals surface area contributed by atoms with Crippen molar-refractivity contribution >= 4 is 11.7 Å². The Morgan fingerprint density at radius 1 is 1.28 bits per heavy atom. The van der Waals surface area contributed by atoms with Crippen LogP contribution in [0.4, 0.5) is 5.82 Å². The minimum Gasteiger partial charge on any atom is -0.478 e. The zero-order valence-electron chi connectivity index (χ0n) is 15.1. The van der Waals surface area contributed by atoms with Gasteiger partial charge >= 0.3 is 0 Å². The molecule has 0 bridgehead atoms. The molecule has 2 saturated heterocycles. The lowest BCUT2D eigenvalue weighted by atomic mass is 9.86. The Bertz CT molecular complexity index is 638. The molecule has 1 unspecified atom stereocenters. The second-order valence-electron chi connectivity index (χ2n) is 6.84. The molecule has 2 aliphatic rings. The largest absolute Gasteiger partial charge is 0.478 e. The van der Waals surface area contributed by atoms with Crippen LogP contribution in [0.5, 0.6) is 5.88 Å². The SMILES string of the molecule is C=CCN1CCC2(CCC1=O)CN(c1nccnc1OC)CCN2C. The molecule has 0 N–H and O–H groups in total. The highest BCUT2D eigenvalue weighted by Crippen LogP contribution is 2.35. The number of hydrogen-bond donors (Lipinski definition) is 0. The molecule has 1 amide bonds. The Hall–Kier alpha value is -2.15. The molecule has 0 saturated carbocycles. The smallest absolute Gasteiger partial charge is 0.257 e. The maximum atomic E-state index is 12.4. The number of methoxy groups -OCH3 is 1. The summed E-state index contributed by atoms with van der Waals surface area (Å²) in [6.45, 7) is 7.78. The summed E-state index contributed by atoms with van der Waals surface area (Å²) in [6, 6.07) is 0. The first-order valence-electron chi connectivity index (χ1n) is 8.79. The molecule has 2 aliphatic heterocycles. The molecule has 7 heteroatoms. The number of hydrogen-bond acceptors (Lipinski definition) is 6. The Morgan fingerprint density at radius 3 is 2.84 bits per heavy atom. The van der Waals surface area contributed by atoms with Crippen molar-refractivity contribution in [2.24, 2.45) is 0 Å². The summed E-state index contributed by atoms with van der Waals surface area (Å²) in [5.74, 6) is 1.57. The maximum Gasteiger partial charge on any atom is 0.257 e. The molecular formula is C18H27N5O2. The zero-order valence-corrected chi connectivity index (χ0v) is 15.1. The molecule has 0 radical (unpaired) electrons. The number of aromatic nitrogens is 2. The van der Waals surface area contributed by atoms with Crippen molar-refractivity contribution in [1.29, 1.82) is 0 Å². The number of anilines is 1. The summed E-state index contributed by atoms with van der Waals surface area (Å²) in [4.78, 5) is 27.7. The first-order valence-corrected chi connectivity index (χ1v) is 8.79. The molecule has 0 aliphatic carbocycles. The van der Waals surface area contributed by atoms with E-state index >= 15 is 0 Å². The van der Waals surface area contributed by atoms with E-state index in [0.717, 1.165) is 44.8 Å². The Labute approximate surface area is 149 Å². The van der Waals surface area contributed by atoms with Crippen molar-refractivity contribution in [2.45, 2.75) is 24.8 Å². The van der Waals surface area contributed by atoms with Crippen LogP contribution in [-0.4, -0.2) is 78.1 Å². The molecule has 2 fully saturated rings. The Morgan fingerprint density at radius 2 is 2.08 bits per heavy atom. The van der Waals surface area contributed by atoms with Gasteiger partial charge in [-0.25, -0.2) is 9.97 Å². The molecule has 1 atom stereocenters. The van der Waals surface area contributed by atoms with Crippen LogP contribution in [0.1, 0.15) is 19.3 Å². The van der Waals surface area contributed by atoms with Gasteiger partial charge in [0.1, 0.15) is 0 Å². The summed E-state index contributed by atoms with van der Waals surface area (Å²) >= 11 is 0.